The van der Waals surface area contributed by atoms with Gasteiger partial charge >= 0.3 is 6.18 Å². The number of ether oxygens (including phenoxy) is 1. The summed E-state index contributed by atoms with van der Waals surface area (Å²) in [5, 5.41) is 0. The number of rotatable bonds is 4. The van der Waals surface area contributed by atoms with Crippen LogP contribution < -0.4 is 26.6 Å². The highest BCUT2D eigenvalue weighted by atomic mass is 79.9. The molecule has 0 radical (unpaired) electrons. The van der Waals surface area contributed by atoms with Crippen molar-refractivity contribution in [2.75, 3.05) is 4.90 Å². The lowest BCUT2D eigenvalue weighted by molar-refractivity contribution is -0.137. The lowest BCUT2D eigenvalue weighted by atomic mass is 10.1. The van der Waals surface area contributed by atoms with E-state index in [1.807, 2.05) is 42.5 Å². The first-order chi connectivity index (χ1) is 16.9. The van der Waals surface area contributed by atoms with E-state index in [1.54, 1.807) is 47.4 Å². The second kappa shape index (κ2) is 10.4. The summed E-state index contributed by atoms with van der Waals surface area (Å²) in [6.45, 7) is 0.306. The van der Waals surface area contributed by atoms with E-state index in [-0.39, 0.29) is 17.0 Å². The largest absolute Gasteiger partial charge is 1.00 e. The molecule has 0 spiro atoms. The summed E-state index contributed by atoms with van der Waals surface area (Å²) in [4.78, 5) is 19.1. The van der Waals surface area contributed by atoms with Crippen molar-refractivity contribution in [1.29, 1.82) is 0 Å². The number of alkyl halides is 3. The molecule has 0 aliphatic carbocycles. The predicted octanol–water partition coefficient (Wildman–Crippen LogP) is 4.11. The Morgan fingerprint density at radius 1 is 0.806 bits per heavy atom. The first-order valence-electron chi connectivity index (χ1n) is 10.9. The SMILES string of the molecule is O=C(N=C1c2ccccc2CN1c1cccc(C(F)(F)F)c1)c1cccc(Oc2ccccc2)c1.[Br-]. The number of para-hydroxylation sites is 1. The molecule has 0 atom stereocenters. The third-order valence-electron chi connectivity index (χ3n) is 5.59. The number of fused-ring (bicyclic) bond motifs is 1. The predicted molar refractivity (Wildman–Crippen MR) is 128 cm³/mol. The maximum Gasteiger partial charge on any atom is 0.416 e. The van der Waals surface area contributed by atoms with Gasteiger partial charge in [0.2, 0.25) is 0 Å². The van der Waals surface area contributed by atoms with Crippen molar-refractivity contribution in [3.05, 3.63) is 125 Å². The van der Waals surface area contributed by atoms with Crippen LogP contribution in [0, 0.1) is 0 Å². The number of amides is 1. The summed E-state index contributed by atoms with van der Waals surface area (Å²) in [5.41, 5.74) is 1.43. The summed E-state index contributed by atoms with van der Waals surface area (Å²) in [7, 11) is 0. The highest BCUT2D eigenvalue weighted by Crippen LogP contribution is 2.35. The number of carbonyl (C=O) groups is 1. The van der Waals surface area contributed by atoms with Gasteiger partial charge in [0.25, 0.3) is 5.91 Å². The van der Waals surface area contributed by atoms with Gasteiger partial charge in [0.05, 0.1) is 12.1 Å². The lowest BCUT2D eigenvalue weighted by Crippen LogP contribution is -3.00. The molecule has 0 saturated carbocycles. The number of anilines is 1. The van der Waals surface area contributed by atoms with Crippen LogP contribution >= 0.6 is 0 Å². The molecule has 0 N–H and O–H groups in total. The summed E-state index contributed by atoms with van der Waals surface area (Å²) < 4.78 is 45.8. The molecule has 1 aliphatic rings. The monoisotopic (exact) mass is 551 g/mol. The quantitative estimate of drug-likeness (QED) is 0.383. The number of benzene rings is 4. The molecule has 1 aliphatic heterocycles. The van der Waals surface area contributed by atoms with Crippen LogP contribution in [0.2, 0.25) is 0 Å². The number of nitrogens with zero attached hydrogens (tertiary/aromatic N) is 2. The van der Waals surface area contributed by atoms with Gasteiger partial charge in [0, 0.05) is 16.8 Å². The topological polar surface area (TPSA) is 41.9 Å². The summed E-state index contributed by atoms with van der Waals surface area (Å²) in [6, 6.07) is 28.2. The normalized spacial score (nSPS) is 13.8. The molecule has 0 fully saturated rings. The molecule has 4 aromatic carbocycles. The number of carbonyl (C=O) groups excluding carboxylic acids is 1. The number of aliphatic imine (C=N–C) groups is 1. The zero-order valence-corrected chi connectivity index (χ0v) is 20.3. The fourth-order valence-corrected chi connectivity index (χ4v) is 3.93. The van der Waals surface area contributed by atoms with E-state index in [9.17, 15) is 18.0 Å². The van der Waals surface area contributed by atoms with Crippen LogP contribution in [0.3, 0.4) is 0 Å². The molecule has 36 heavy (non-hydrogen) atoms. The Morgan fingerprint density at radius 3 is 2.28 bits per heavy atom. The minimum Gasteiger partial charge on any atom is -1.00 e. The molecule has 182 valence electrons. The Bertz CT molecular complexity index is 1420. The van der Waals surface area contributed by atoms with Crippen LogP contribution in [0.15, 0.2) is 108 Å². The number of hydrogen-bond donors (Lipinski definition) is 0. The smallest absolute Gasteiger partial charge is 0.416 e. The zero-order chi connectivity index (χ0) is 24.4. The molecule has 4 nitrogen and oxygen atoms in total. The van der Waals surface area contributed by atoms with Crippen LogP contribution in [0.5, 0.6) is 11.5 Å². The van der Waals surface area contributed by atoms with Gasteiger partial charge in [0.15, 0.2) is 0 Å². The van der Waals surface area contributed by atoms with Crippen molar-refractivity contribution in [1.82, 2.24) is 0 Å². The van der Waals surface area contributed by atoms with E-state index >= 15 is 0 Å². The third kappa shape index (κ3) is 5.33. The van der Waals surface area contributed by atoms with Crippen LogP contribution in [0.1, 0.15) is 27.0 Å². The van der Waals surface area contributed by atoms with Crippen molar-refractivity contribution in [2.45, 2.75) is 12.7 Å². The molecule has 0 bridgehead atoms. The molecular formula is C28H19BrF3N2O2-. The highest BCUT2D eigenvalue weighted by molar-refractivity contribution is 6.18. The second-order valence-corrected chi connectivity index (χ2v) is 7.97. The average Bonchev–Trinajstić information content (AvgIpc) is 3.23. The average molecular weight is 552 g/mol. The first-order valence-corrected chi connectivity index (χ1v) is 10.9. The molecule has 0 aromatic heterocycles. The van der Waals surface area contributed by atoms with E-state index in [0.29, 0.717) is 40.7 Å². The third-order valence-corrected chi connectivity index (χ3v) is 5.59. The number of amidine groups is 1. The Hall–Kier alpha value is -3.91. The maximum atomic E-state index is 13.3. The highest BCUT2D eigenvalue weighted by Gasteiger charge is 2.33. The van der Waals surface area contributed by atoms with Crippen molar-refractivity contribution < 1.29 is 39.7 Å². The van der Waals surface area contributed by atoms with E-state index in [4.69, 9.17) is 4.74 Å². The summed E-state index contributed by atoms with van der Waals surface area (Å²) >= 11 is 0. The Balaban J connectivity index is 0.00000304. The van der Waals surface area contributed by atoms with Crippen LogP contribution in [0.25, 0.3) is 0 Å². The van der Waals surface area contributed by atoms with Gasteiger partial charge in [-0.05, 0) is 54.1 Å². The molecule has 5 rings (SSSR count). The molecule has 1 amide bonds. The van der Waals surface area contributed by atoms with Gasteiger partial charge in [-0.1, -0.05) is 54.6 Å². The Labute approximate surface area is 216 Å². The minimum atomic E-state index is -4.48. The van der Waals surface area contributed by atoms with Crippen molar-refractivity contribution in [2.24, 2.45) is 4.99 Å². The zero-order valence-electron chi connectivity index (χ0n) is 18.7. The minimum absolute atomic E-state index is 0. The van der Waals surface area contributed by atoms with Crippen molar-refractivity contribution >= 4 is 17.4 Å². The Kier molecular flexibility index (Phi) is 7.26. The number of halogens is 4. The van der Waals surface area contributed by atoms with Crippen LogP contribution in [-0.2, 0) is 12.7 Å². The van der Waals surface area contributed by atoms with E-state index in [0.717, 1.165) is 17.7 Å². The fraction of sp³-hybridized carbons (Fsp3) is 0.0714. The van der Waals surface area contributed by atoms with E-state index in [2.05, 4.69) is 4.99 Å². The van der Waals surface area contributed by atoms with E-state index in [1.165, 1.54) is 6.07 Å². The molecule has 4 aromatic rings. The maximum absolute atomic E-state index is 13.3. The fourth-order valence-electron chi connectivity index (χ4n) is 3.93. The van der Waals surface area contributed by atoms with Gasteiger partial charge < -0.3 is 26.6 Å². The van der Waals surface area contributed by atoms with Crippen molar-refractivity contribution in [3.63, 3.8) is 0 Å². The summed E-state index contributed by atoms with van der Waals surface area (Å²) in [6.07, 6.45) is -4.48. The first kappa shape index (κ1) is 25.2. The van der Waals surface area contributed by atoms with Gasteiger partial charge in [-0.2, -0.15) is 18.2 Å². The molecular weight excluding hydrogens is 533 g/mol. The molecule has 1 heterocycles. The molecule has 0 unspecified atom stereocenters. The van der Waals surface area contributed by atoms with E-state index < -0.39 is 17.6 Å². The van der Waals surface area contributed by atoms with Gasteiger partial charge in [-0.15, -0.1) is 0 Å². The van der Waals surface area contributed by atoms with Gasteiger partial charge in [-0.3, -0.25) is 4.79 Å². The van der Waals surface area contributed by atoms with Gasteiger partial charge in [-0.25, -0.2) is 0 Å². The standard InChI is InChI=1S/C28H19F3N2O2.BrH/c29-28(30,31)21-10-7-11-22(17-21)33-18-20-8-4-5-15-25(20)26(33)32-27(34)19-9-6-14-24(16-19)35-23-12-2-1-3-13-23;/h1-17H,18H2;1H/p-1. The van der Waals surface area contributed by atoms with Crippen molar-refractivity contribution in [3.8, 4) is 11.5 Å². The Morgan fingerprint density at radius 2 is 1.50 bits per heavy atom. The van der Waals surface area contributed by atoms with Crippen LogP contribution in [-0.4, -0.2) is 11.7 Å². The molecule has 0 saturated heterocycles. The van der Waals surface area contributed by atoms with Crippen LogP contribution in [0.4, 0.5) is 18.9 Å². The number of hydrogen-bond acceptors (Lipinski definition) is 2. The van der Waals surface area contributed by atoms with Gasteiger partial charge in [0.1, 0.15) is 17.3 Å². The second-order valence-electron chi connectivity index (χ2n) is 7.97. The molecule has 8 heteroatoms. The lowest BCUT2D eigenvalue weighted by Gasteiger charge is -2.20. The summed E-state index contributed by atoms with van der Waals surface area (Å²) in [5.74, 6) is 0.888.